The Balaban J connectivity index is 1.63. The van der Waals surface area contributed by atoms with Gasteiger partial charge in [0.15, 0.2) is 5.56 Å². The lowest BCUT2D eigenvalue weighted by Gasteiger charge is -2.36. The van der Waals surface area contributed by atoms with Gasteiger partial charge in [-0.2, -0.15) is 5.26 Å². The molecule has 0 atom stereocenters. The maximum Gasteiger partial charge on any atom is 0.356 e. The van der Waals surface area contributed by atoms with Gasteiger partial charge in [-0.3, -0.25) is 0 Å². The fourth-order valence-corrected chi connectivity index (χ4v) is 3.31. The predicted molar refractivity (Wildman–Crippen MR) is 104 cm³/mol. The number of benzene rings is 1. The second kappa shape index (κ2) is 7.53. The monoisotopic (exact) mass is 376 g/mol. The van der Waals surface area contributed by atoms with Crippen LogP contribution in [0.1, 0.15) is 5.56 Å². The molecule has 1 aromatic carbocycles. The van der Waals surface area contributed by atoms with Gasteiger partial charge in [0.2, 0.25) is 0 Å². The van der Waals surface area contributed by atoms with Crippen LogP contribution in [0.4, 0.5) is 15.9 Å². The van der Waals surface area contributed by atoms with E-state index in [0.29, 0.717) is 43.2 Å². The van der Waals surface area contributed by atoms with Crippen molar-refractivity contribution in [2.75, 3.05) is 36.0 Å². The molecular formula is C21H17FN4O2. The maximum absolute atomic E-state index is 13.2. The molecule has 28 heavy (non-hydrogen) atoms. The molecule has 1 aliphatic rings. The zero-order valence-electron chi connectivity index (χ0n) is 15.0. The van der Waals surface area contributed by atoms with Crippen molar-refractivity contribution in [3.63, 3.8) is 0 Å². The van der Waals surface area contributed by atoms with Gasteiger partial charge in [-0.25, -0.2) is 14.2 Å². The van der Waals surface area contributed by atoms with Crippen LogP contribution in [0, 0.1) is 17.1 Å². The van der Waals surface area contributed by atoms with Crippen LogP contribution in [0.15, 0.2) is 63.9 Å². The van der Waals surface area contributed by atoms with E-state index in [1.165, 1.54) is 12.1 Å². The van der Waals surface area contributed by atoms with Gasteiger partial charge in [0.05, 0.1) is 5.69 Å². The lowest BCUT2D eigenvalue weighted by molar-refractivity contribution is 0.521. The van der Waals surface area contributed by atoms with E-state index in [1.807, 2.05) is 29.2 Å². The number of halogens is 1. The smallest absolute Gasteiger partial charge is 0.356 e. The van der Waals surface area contributed by atoms with E-state index >= 15 is 0 Å². The highest BCUT2D eigenvalue weighted by Crippen LogP contribution is 2.27. The Labute approximate surface area is 161 Å². The molecule has 0 spiro atoms. The summed E-state index contributed by atoms with van der Waals surface area (Å²) in [6, 6.07) is 15.1. The van der Waals surface area contributed by atoms with E-state index in [4.69, 9.17) is 4.42 Å². The molecule has 0 N–H and O–H groups in total. The molecule has 3 heterocycles. The van der Waals surface area contributed by atoms with Crippen LogP contribution in [0.5, 0.6) is 0 Å². The summed E-state index contributed by atoms with van der Waals surface area (Å²) in [7, 11) is 0. The summed E-state index contributed by atoms with van der Waals surface area (Å²) in [6.45, 7) is 2.71. The lowest BCUT2D eigenvalue weighted by atomic mass is 10.1. The molecule has 2 aromatic heterocycles. The highest BCUT2D eigenvalue weighted by Gasteiger charge is 2.23. The minimum atomic E-state index is -0.688. The first-order valence-electron chi connectivity index (χ1n) is 8.91. The average molecular weight is 376 g/mol. The Kier molecular flexibility index (Phi) is 4.77. The quantitative estimate of drug-likeness (QED) is 0.700. The van der Waals surface area contributed by atoms with E-state index in [9.17, 15) is 14.4 Å². The van der Waals surface area contributed by atoms with E-state index < -0.39 is 5.63 Å². The molecule has 0 radical (unpaired) electrons. The molecular weight excluding hydrogens is 359 g/mol. The van der Waals surface area contributed by atoms with Crippen molar-refractivity contribution >= 4 is 11.5 Å². The van der Waals surface area contributed by atoms with Crippen molar-refractivity contribution in [2.45, 2.75) is 0 Å². The van der Waals surface area contributed by atoms with Gasteiger partial charge in [-0.05, 0) is 36.4 Å². The molecule has 0 unspecified atom stereocenters. The molecule has 1 saturated heterocycles. The minimum absolute atomic E-state index is 0.0165. The van der Waals surface area contributed by atoms with Crippen molar-refractivity contribution < 1.29 is 8.81 Å². The molecule has 140 valence electrons. The Morgan fingerprint density at radius 1 is 1.04 bits per heavy atom. The molecule has 0 bridgehead atoms. The molecule has 1 fully saturated rings. The average Bonchev–Trinajstić information content (AvgIpc) is 2.74. The minimum Gasteiger partial charge on any atom is -0.422 e. The van der Waals surface area contributed by atoms with E-state index in [-0.39, 0.29) is 11.4 Å². The van der Waals surface area contributed by atoms with Crippen LogP contribution >= 0.6 is 0 Å². The third kappa shape index (κ3) is 3.45. The number of aromatic nitrogens is 1. The van der Waals surface area contributed by atoms with E-state index in [2.05, 4.69) is 9.88 Å². The fourth-order valence-electron chi connectivity index (χ4n) is 3.31. The molecule has 6 nitrogen and oxygen atoms in total. The Hall–Kier alpha value is -3.66. The number of anilines is 2. The van der Waals surface area contributed by atoms with E-state index in [0.717, 1.165) is 5.82 Å². The highest BCUT2D eigenvalue weighted by molar-refractivity contribution is 5.67. The van der Waals surface area contributed by atoms with Crippen LogP contribution in [0.2, 0.25) is 0 Å². The summed E-state index contributed by atoms with van der Waals surface area (Å²) in [5.74, 6) is 0.846. The maximum atomic E-state index is 13.2. The fraction of sp³-hybridized carbons (Fsp3) is 0.190. The lowest BCUT2D eigenvalue weighted by Crippen LogP contribution is -2.47. The van der Waals surface area contributed by atoms with Crippen molar-refractivity contribution in [2.24, 2.45) is 0 Å². The molecule has 1 aliphatic heterocycles. The topological polar surface area (TPSA) is 73.4 Å². The molecule has 3 aromatic rings. The first-order valence-corrected chi connectivity index (χ1v) is 8.91. The largest absolute Gasteiger partial charge is 0.422 e. The first-order chi connectivity index (χ1) is 13.7. The predicted octanol–water partition coefficient (Wildman–Crippen LogP) is 3.04. The molecule has 0 aliphatic carbocycles. The first kappa shape index (κ1) is 17.7. The number of rotatable bonds is 3. The highest BCUT2D eigenvalue weighted by atomic mass is 19.1. The summed E-state index contributed by atoms with van der Waals surface area (Å²) >= 11 is 0. The molecule has 0 saturated carbocycles. The van der Waals surface area contributed by atoms with Gasteiger partial charge in [0.1, 0.15) is 23.5 Å². The standard InChI is InChI=1S/C21H17FN4O2/c22-16-6-4-15(5-7-16)19-13-18(17(14-23)21(27)28-19)25-9-11-26(12-10-25)20-3-1-2-8-24-20/h1-8,13H,9-12H2. The summed E-state index contributed by atoms with van der Waals surface area (Å²) in [5, 5.41) is 9.45. The molecule has 7 heteroatoms. The third-order valence-electron chi connectivity index (χ3n) is 4.76. The van der Waals surface area contributed by atoms with E-state index in [1.54, 1.807) is 24.4 Å². The number of hydrogen-bond donors (Lipinski definition) is 0. The van der Waals surface area contributed by atoms with Gasteiger partial charge in [-0.1, -0.05) is 6.07 Å². The number of pyridine rings is 1. The van der Waals surface area contributed by atoms with Gasteiger partial charge >= 0.3 is 5.63 Å². The van der Waals surface area contributed by atoms with Crippen LogP contribution in [0.3, 0.4) is 0 Å². The molecule has 4 rings (SSSR count). The third-order valence-corrected chi connectivity index (χ3v) is 4.76. The van der Waals surface area contributed by atoms with Crippen molar-refractivity contribution in [1.29, 1.82) is 5.26 Å². The SMILES string of the molecule is N#Cc1c(N2CCN(c3ccccn3)CC2)cc(-c2ccc(F)cc2)oc1=O. The van der Waals surface area contributed by atoms with Crippen molar-refractivity contribution in [3.05, 3.63) is 76.5 Å². The normalized spacial score (nSPS) is 14.0. The number of hydrogen-bond acceptors (Lipinski definition) is 6. The zero-order valence-corrected chi connectivity index (χ0v) is 15.0. The summed E-state index contributed by atoms with van der Waals surface area (Å²) in [5.41, 5.74) is 0.415. The van der Waals surface area contributed by atoms with Gasteiger partial charge < -0.3 is 14.2 Å². The number of piperazine rings is 1. The van der Waals surface area contributed by atoms with Gasteiger partial charge in [0.25, 0.3) is 0 Å². The van der Waals surface area contributed by atoms with Crippen molar-refractivity contribution in [3.8, 4) is 17.4 Å². The zero-order chi connectivity index (χ0) is 19.5. The van der Waals surface area contributed by atoms with Gasteiger partial charge in [-0.15, -0.1) is 0 Å². The van der Waals surface area contributed by atoms with Crippen LogP contribution in [-0.2, 0) is 0 Å². The van der Waals surface area contributed by atoms with Crippen LogP contribution < -0.4 is 15.4 Å². The van der Waals surface area contributed by atoms with Crippen molar-refractivity contribution in [1.82, 2.24) is 4.98 Å². The van der Waals surface area contributed by atoms with Crippen LogP contribution in [-0.4, -0.2) is 31.2 Å². The second-order valence-corrected chi connectivity index (χ2v) is 6.44. The van der Waals surface area contributed by atoms with Gasteiger partial charge in [0, 0.05) is 44.0 Å². The number of nitriles is 1. The number of nitrogens with zero attached hydrogens (tertiary/aromatic N) is 4. The summed E-state index contributed by atoms with van der Waals surface area (Å²) in [4.78, 5) is 20.9. The Bertz CT molecular complexity index is 1070. The van der Waals surface area contributed by atoms with Crippen LogP contribution in [0.25, 0.3) is 11.3 Å². The summed E-state index contributed by atoms with van der Waals surface area (Å²) in [6.07, 6.45) is 1.76. The Morgan fingerprint density at radius 2 is 1.75 bits per heavy atom. The molecule has 0 amide bonds. The second-order valence-electron chi connectivity index (χ2n) is 6.44. The Morgan fingerprint density at radius 3 is 2.39 bits per heavy atom. The summed E-state index contributed by atoms with van der Waals surface area (Å²) < 4.78 is 18.5.